The van der Waals surface area contributed by atoms with E-state index in [9.17, 15) is 9.18 Å². The number of amides is 1. The van der Waals surface area contributed by atoms with Crippen molar-refractivity contribution < 1.29 is 9.18 Å². The number of anilines is 2. The van der Waals surface area contributed by atoms with Crippen molar-refractivity contribution in [1.82, 2.24) is 19.7 Å². The molecule has 0 unspecified atom stereocenters. The van der Waals surface area contributed by atoms with Gasteiger partial charge in [-0.25, -0.2) is 9.07 Å². The van der Waals surface area contributed by atoms with Gasteiger partial charge in [0, 0.05) is 38.3 Å². The average Bonchev–Trinajstić information content (AvgIpc) is 3.02. The van der Waals surface area contributed by atoms with Gasteiger partial charge in [0.05, 0.1) is 37.4 Å². The molecule has 31 heavy (non-hydrogen) atoms. The molecule has 0 spiro atoms. The van der Waals surface area contributed by atoms with E-state index >= 15 is 0 Å². The molecule has 1 amide bonds. The van der Waals surface area contributed by atoms with E-state index in [1.807, 2.05) is 12.1 Å². The van der Waals surface area contributed by atoms with Gasteiger partial charge >= 0.3 is 0 Å². The Kier molecular flexibility index (Phi) is 6.57. The van der Waals surface area contributed by atoms with Gasteiger partial charge in [0.15, 0.2) is 0 Å². The van der Waals surface area contributed by atoms with Gasteiger partial charge in [-0.15, -0.1) is 0 Å². The van der Waals surface area contributed by atoms with Gasteiger partial charge in [-0.2, -0.15) is 5.10 Å². The summed E-state index contributed by atoms with van der Waals surface area (Å²) in [6.45, 7) is 6.05. The highest BCUT2D eigenvalue weighted by atomic mass is 19.1. The standard InChI is InChI=1S/C23H27FN6O/c1-18-4-2-5-19(12-18)16-30-22(6-7-26-30)27-23(31)17-28-8-3-9-29(11-10-28)21-13-20(24)14-25-15-21/h2,4-7,12-15H,3,8-11,16-17H2,1H3,(H,27,31). The van der Waals surface area contributed by atoms with Crippen molar-refractivity contribution in [1.29, 1.82) is 0 Å². The molecule has 3 heterocycles. The molecular formula is C23H27FN6O. The number of carbonyl (C=O) groups excluding carboxylic acids is 1. The molecular weight excluding hydrogens is 395 g/mol. The van der Waals surface area contributed by atoms with Gasteiger partial charge in [-0.3, -0.25) is 14.7 Å². The quantitative estimate of drug-likeness (QED) is 0.662. The molecule has 0 radical (unpaired) electrons. The molecule has 0 bridgehead atoms. The highest BCUT2D eigenvalue weighted by Gasteiger charge is 2.18. The fourth-order valence-corrected chi connectivity index (χ4v) is 3.89. The Morgan fingerprint density at radius 1 is 1.13 bits per heavy atom. The highest BCUT2D eigenvalue weighted by Crippen LogP contribution is 2.17. The SMILES string of the molecule is Cc1cccc(Cn2nccc2NC(=O)CN2CCCN(c3cncc(F)c3)CC2)c1. The molecule has 0 saturated carbocycles. The van der Waals surface area contributed by atoms with Crippen LogP contribution in [0.4, 0.5) is 15.9 Å². The number of carbonyl (C=O) groups is 1. The molecule has 2 aromatic heterocycles. The van der Waals surface area contributed by atoms with Crippen molar-refractivity contribution in [3.8, 4) is 0 Å². The molecule has 4 rings (SSSR count). The minimum absolute atomic E-state index is 0.0631. The molecule has 1 fully saturated rings. The molecule has 1 aliphatic heterocycles. The van der Waals surface area contributed by atoms with Crippen LogP contribution in [0.15, 0.2) is 55.0 Å². The Morgan fingerprint density at radius 2 is 2.03 bits per heavy atom. The van der Waals surface area contributed by atoms with Crippen molar-refractivity contribution >= 4 is 17.4 Å². The zero-order valence-corrected chi connectivity index (χ0v) is 17.7. The lowest BCUT2D eigenvalue weighted by Gasteiger charge is -2.23. The molecule has 7 nitrogen and oxygen atoms in total. The second kappa shape index (κ2) is 9.70. The van der Waals surface area contributed by atoms with Gasteiger partial charge in [0.25, 0.3) is 0 Å². The topological polar surface area (TPSA) is 66.3 Å². The van der Waals surface area contributed by atoms with E-state index in [1.54, 1.807) is 17.1 Å². The van der Waals surface area contributed by atoms with E-state index in [2.05, 4.69) is 50.3 Å². The first-order valence-electron chi connectivity index (χ1n) is 10.5. The second-order valence-electron chi connectivity index (χ2n) is 7.89. The summed E-state index contributed by atoms with van der Waals surface area (Å²) in [6.07, 6.45) is 5.49. The first kappa shape index (κ1) is 21.0. The molecule has 1 aromatic carbocycles. The molecule has 1 saturated heterocycles. The summed E-state index contributed by atoms with van der Waals surface area (Å²) in [6, 6.07) is 11.6. The summed E-state index contributed by atoms with van der Waals surface area (Å²) in [5, 5.41) is 7.34. The minimum Gasteiger partial charge on any atom is -0.369 e. The molecule has 1 aliphatic rings. The van der Waals surface area contributed by atoms with Crippen LogP contribution in [0.2, 0.25) is 0 Å². The van der Waals surface area contributed by atoms with E-state index in [0.717, 1.165) is 43.9 Å². The van der Waals surface area contributed by atoms with E-state index < -0.39 is 0 Å². The van der Waals surface area contributed by atoms with Gasteiger partial charge in [0.2, 0.25) is 5.91 Å². The molecule has 162 valence electrons. The lowest BCUT2D eigenvalue weighted by atomic mass is 10.1. The van der Waals surface area contributed by atoms with Crippen LogP contribution in [0.5, 0.6) is 0 Å². The third kappa shape index (κ3) is 5.67. The predicted octanol–water partition coefficient (Wildman–Crippen LogP) is 2.92. The predicted molar refractivity (Wildman–Crippen MR) is 119 cm³/mol. The van der Waals surface area contributed by atoms with E-state index in [0.29, 0.717) is 18.9 Å². The number of nitrogens with zero attached hydrogens (tertiary/aromatic N) is 5. The Bertz CT molecular complexity index is 1040. The second-order valence-corrected chi connectivity index (χ2v) is 7.89. The number of nitrogens with one attached hydrogen (secondary N) is 1. The minimum atomic E-state index is -0.333. The molecule has 0 aliphatic carbocycles. The number of rotatable bonds is 6. The molecule has 0 atom stereocenters. The van der Waals surface area contributed by atoms with E-state index in [1.165, 1.54) is 17.8 Å². The number of hydrogen-bond acceptors (Lipinski definition) is 5. The van der Waals surface area contributed by atoms with Crippen molar-refractivity contribution in [2.45, 2.75) is 19.9 Å². The Morgan fingerprint density at radius 3 is 2.87 bits per heavy atom. The Labute approximate surface area is 181 Å². The van der Waals surface area contributed by atoms with Crippen LogP contribution in [-0.4, -0.2) is 58.3 Å². The van der Waals surface area contributed by atoms with Gasteiger partial charge < -0.3 is 10.2 Å². The monoisotopic (exact) mass is 422 g/mol. The van der Waals surface area contributed by atoms with Gasteiger partial charge in [0.1, 0.15) is 11.6 Å². The third-order valence-corrected chi connectivity index (χ3v) is 5.41. The van der Waals surface area contributed by atoms with Gasteiger partial charge in [-0.1, -0.05) is 29.8 Å². The van der Waals surface area contributed by atoms with Crippen LogP contribution in [0.25, 0.3) is 0 Å². The largest absolute Gasteiger partial charge is 0.369 e. The number of aromatic nitrogens is 3. The normalized spacial score (nSPS) is 15.0. The average molecular weight is 423 g/mol. The van der Waals surface area contributed by atoms with Gasteiger partial charge in [-0.05, 0) is 18.9 Å². The first-order valence-corrected chi connectivity index (χ1v) is 10.5. The summed E-state index contributed by atoms with van der Waals surface area (Å²) in [4.78, 5) is 20.9. The van der Waals surface area contributed by atoms with Crippen LogP contribution in [0.1, 0.15) is 17.5 Å². The maximum Gasteiger partial charge on any atom is 0.239 e. The molecule has 8 heteroatoms. The summed E-state index contributed by atoms with van der Waals surface area (Å²) >= 11 is 0. The zero-order chi connectivity index (χ0) is 21.6. The first-order chi connectivity index (χ1) is 15.1. The number of halogens is 1. The van der Waals surface area contributed by atoms with Crippen LogP contribution >= 0.6 is 0 Å². The van der Waals surface area contributed by atoms with Crippen LogP contribution in [-0.2, 0) is 11.3 Å². The number of hydrogen-bond donors (Lipinski definition) is 1. The summed E-state index contributed by atoms with van der Waals surface area (Å²) < 4.78 is 15.3. The zero-order valence-electron chi connectivity index (χ0n) is 17.7. The van der Waals surface area contributed by atoms with Crippen molar-refractivity contribution in [2.24, 2.45) is 0 Å². The van der Waals surface area contributed by atoms with E-state index in [-0.39, 0.29) is 11.7 Å². The lowest BCUT2D eigenvalue weighted by Crippen LogP contribution is -2.36. The highest BCUT2D eigenvalue weighted by molar-refractivity contribution is 5.91. The van der Waals surface area contributed by atoms with E-state index in [4.69, 9.17) is 0 Å². The maximum atomic E-state index is 13.5. The fourth-order valence-electron chi connectivity index (χ4n) is 3.89. The summed E-state index contributed by atoms with van der Waals surface area (Å²) in [7, 11) is 0. The van der Waals surface area contributed by atoms with Crippen molar-refractivity contribution in [2.75, 3.05) is 42.9 Å². The fraction of sp³-hybridized carbons (Fsp3) is 0.348. The molecule has 1 N–H and O–H groups in total. The number of aryl methyl sites for hydroxylation is 1. The smallest absolute Gasteiger partial charge is 0.239 e. The van der Waals surface area contributed by atoms with Crippen LogP contribution < -0.4 is 10.2 Å². The molecule has 3 aromatic rings. The lowest BCUT2D eigenvalue weighted by molar-refractivity contribution is -0.117. The number of benzene rings is 1. The summed E-state index contributed by atoms with van der Waals surface area (Å²) in [5.74, 6) is 0.293. The third-order valence-electron chi connectivity index (χ3n) is 5.41. The number of pyridine rings is 1. The Hall–Kier alpha value is -3.26. The Balaban J connectivity index is 1.32. The summed E-state index contributed by atoms with van der Waals surface area (Å²) in [5.41, 5.74) is 3.12. The van der Waals surface area contributed by atoms with Crippen LogP contribution in [0.3, 0.4) is 0 Å². The van der Waals surface area contributed by atoms with Crippen molar-refractivity contribution in [3.63, 3.8) is 0 Å². The van der Waals surface area contributed by atoms with Crippen molar-refractivity contribution in [3.05, 3.63) is 71.9 Å². The van der Waals surface area contributed by atoms with Crippen LogP contribution in [0, 0.1) is 12.7 Å². The maximum absolute atomic E-state index is 13.5.